The van der Waals surface area contributed by atoms with Crippen LogP contribution in [0.25, 0.3) is 0 Å². The number of nitrogens with zero attached hydrogens (tertiary/aromatic N) is 1. The second-order valence-electron chi connectivity index (χ2n) is 7.31. The van der Waals surface area contributed by atoms with E-state index in [1.165, 1.54) is 6.42 Å². The topological polar surface area (TPSA) is 54.5 Å². The molecular formula is C19H27NO3S. The summed E-state index contributed by atoms with van der Waals surface area (Å²) in [5.74, 6) is 0.944. The van der Waals surface area contributed by atoms with Crippen molar-refractivity contribution in [3.05, 3.63) is 35.9 Å². The molecule has 5 heteroatoms. The van der Waals surface area contributed by atoms with Gasteiger partial charge in [0.05, 0.1) is 11.5 Å². The molecule has 24 heavy (non-hydrogen) atoms. The van der Waals surface area contributed by atoms with E-state index in [-0.39, 0.29) is 29.2 Å². The van der Waals surface area contributed by atoms with Gasteiger partial charge in [-0.05, 0) is 30.7 Å². The van der Waals surface area contributed by atoms with E-state index in [0.717, 1.165) is 31.2 Å². The summed E-state index contributed by atoms with van der Waals surface area (Å²) in [5.41, 5.74) is 1.11. The molecule has 2 fully saturated rings. The van der Waals surface area contributed by atoms with Crippen molar-refractivity contribution in [2.75, 3.05) is 18.1 Å². The second-order valence-corrected chi connectivity index (χ2v) is 9.54. The Morgan fingerprint density at radius 3 is 2.38 bits per heavy atom. The number of hydrogen-bond donors (Lipinski definition) is 0. The monoisotopic (exact) mass is 349 g/mol. The van der Waals surface area contributed by atoms with Crippen molar-refractivity contribution in [2.24, 2.45) is 11.8 Å². The predicted molar refractivity (Wildman–Crippen MR) is 95.2 cm³/mol. The van der Waals surface area contributed by atoms with Gasteiger partial charge in [-0.15, -0.1) is 0 Å². The van der Waals surface area contributed by atoms with E-state index in [0.29, 0.717) is 19.5 Å². The molecule has 1 aliphatic carbocycles. The Kier molecular flexibility index (Phi) is 5.59. The summed E-state index contributed by atoms with van der Waals surface area (Å²) in [6, 6.07) is 10.0. The van der Waals surface area contributed by atoms with Crippen LogP contribution < -0.4 is 0 Å². The minimum atomic E-state index is -2.90. The Bertz CT molecular complexity index is 650. The number of amides is 1. The van der Waals surface area contributed by atoms with Crippen LogP contribution in [0.5, 0.6) is 0 Å². The number of carbonyl (C=O) groups excluding carboxylic acids is 1. The lowest BCUT2D eigenvalue weighted by molar-refractivity contribution is -0.137. The van der Waals surface area contributed by atoms with Crippen LogP contribution in [0.2, 0.25) is 0 Å². The molecule has 3 rings (SSSR count). The van der Waals surface area contributed by atoms with Gasteiger partial charge in [-0.1, -0.05) is 49.6 Å². The van der Waals surface area contributed by atoms with Crippen molar-refractivity contribution in [3.63, 3.8) is 0 Å². The molecule has 1 unspecified atom stereocenters. The zero-order chi connectivity index (χ0) is 17.0. The molecular weight excluding hydrogens is 322 g/mol. The zero-order valence-electron chi connectivity index (χ0n) is 14.2. The van der Waals surface area contributed by atoms with Gasteiger partial charge in [0, 0.05) is 19.0 Å². The highest BCUT2D eigenvalue weighted by atomic mass is 32.2. The standard InChI is InChI=1S/C19H27NO3S/c21-19(18-9-5-2-6-10-18)20(13-16-7-3-1-4-8-16)14-17-11-12-24(22,23)15-17/h1,3-4,7-8,17-18H,2,5-6,9-15H2. The molecule has 0 bridgehead atoms. The van der Waals surface area contributed by atoms with E-state index in [1.54, 1.807) is 0 Å². The summed E-state index contributed by atoms with van der Waals surface area (Å²) in [6.45, 7) is 1.16. The predicted octanol–water partition coefficient (Wildman–Crippen LogP) is 3.03. The molecule has 0 N–H and O–H groups in total. The van der Waals surface area contributed by atoms with Crippen LogP contribution in [-0.4, -0.2) is 37.3 Å². The molecule has 1 aromatic carbocycles. The Labute approximate surface area is 145 Å². The SMILES string of the molecule is O=C(C1CCCCC1)N(Cc1ccccc1)CC1CCS(=O)(=O)C1. The van der Waals surface area contributed by atoms with E-state index in [4.69, 9.17) is 0 Å². The lowest BCUT2D eigenvalue weighted by atomic mass is 9.88. The number of carbonyl (C=O) groups is 1. The van der Waals surface area contributed by atoms with E-state index < -0.39 is 9.84 Å². The molecule has 0 aromatic heterocycles. The first kappa shape index (κ1) is 17.5. The molecule has 4 nitrogen and oxygen atoms in total. The van der Waals surface area contributed by atoms with Crippen molar-refractivity contribution in [3.8, 4) is 0 Å². The maximum Gasteiger partial charge on any atom is 0.225 e. The van der Waals surface area contributed by atoms with Gasteiger partial charge in [-0.25, -0.2) is 8.42 Å². The van der Waals surface area contributed by atoms with Gasteiger partial charge >= 0.3 is 0 Å². The van der Waals surface area contributed by atoms with E-state index in [9.17, 15) is 13.2 Å². The normalized spacial score (nSPS) is 23.9. The first-order chi connectivity index (χ1) is 11.5. The van der Waals surface area contributed by atoms with Crippen LogP contribution >= 0.6 is 0 Å². The van der Waals surface area contributed by atoms with Gasteiger partial charge in [0.15, 0.2) is 9.84 Å². The van der Waals surface area contributed by atoms with Crippen LogP contribution in [-0.2, 0) is 21.2 Å². The average Bonchev–Trinajstić information content (AvgIpc) is 2.94. The summed E-state index contributed by atoms with van der Waals surface area (Å²) in [6.07, 6.45) is 6.13. The van der Waals surface area contributed by atoms with E-state index in [1.807, 2.05) is 35.2 Å². The molecule has 132 valence electrons. The van der Waals surface area contributed by atoms with Gasteiger partial charge in [0.25, 0.3) is 0 Å². The van der Waals surface area contributed by atoms with Crippen molar-refractivity contribution in [2.45, 2.75) is 45.1 Å². The maximum absolute atomic E-state index is 13.0. The van der Waals surface area contributed by atoms with Crippen molar-refractivity contribution in [1.29, 1.82) is 0 Å². The summed E-state index contributed by atoms with van der Waals surface area (Å²) >= 11 is 0. The number of rotatable bonds is 5. The highest BCUT2D eigenvalue weighted by molar-refractivity contribution is 7.91. The summed E-state index contributed by atoms with van der Waals surface area (Å²) in [5, 5.41) is 0. The van der Waals surface area contributed by atoms with Crippen molar-refractivity contribution < 1.29 is 13.2 Å². The number of hydrogen-bond acceptors (Lipinski definition) is 3. The Morgan fingerprint density at radius 2 is 1.75 bits per heavy atom. The fourth-order valence-corrected chi connectivity index (χ4v) is 5.82. The summed E-state index contributed by atoms with van der Waals surface area (Å²) in [4.78, 5) is 15.0. The summed E-state index contributed by atoms with van der Waals surface area (Å²) < 4.78 is 23.5. The third-order valence-electron chi connectivity index (χ3n) is 5.29. The molecule has 1 atom stereocenters. The molecule has 2 aliphatic rings. The largest absolute Gasteiger partial charge is 0.338 e. The first-order valence-electron chi connectivity index (χ1n) is 9.07. The Morgan fingerprint density at radius 1 is 1.04 bits per heavy atom. The fraction of sp³-hybridized carbons (Fsp3) is 0.632. The van der Waals surface area contributed by atoms with Crippen LogP contribution in [0.4, 0.5) is 0 Å². The lowest BCUT2D eigenvalue weighted by Gasteiger charge is -2.31. The third-order valence-corrected chi connectivity index (χ3v) is 7.12. The molecule has 1 saturated heterocycles. The molecule has 1 heterocycles. The fourth-order valence-electron chi connectivity index (χ4n) is 3.97. The van der Waals surface area contributed by atoms with Crippen molar-refractivity contribution >= 4 is 15.7 Å². The molecule has 0 radical (unpaired) electrons. The average molecular weight is 349 g/mol. The molecule has 1 amide bonds. The second kappa shape index (κ2) is 7.68. The molecule has 0 spiro atoms. The lowest BCUT2D eigenvalue weighted by Crippen LogP contribution is -2.40. The quantitative estimate of drug-likeness (QED) is 0.821. The number of benzene rings is 1. The maximum atomic E-state index is 13.0. The third kappa shape index (κ3) is 4.59. The highest BCUT2D eigenvalue weighted by Crippen LogP contribution is 2.28. The minimum absolute atomic E-state index is 0.0891. The van der Waals surface area contributed by atoms with Gasteiger partial charge in [0.2, 0.25) is 5.91 Å². The van der Waals surface area contributed by atoms with E-state index >= 15 is 0 Å². The smallest absolute Gasteiger partial charge is 0.225 e. The van der Waals surface area contributed by atoms with Gasteiger partial charge in [-0.3, -0.25) is 4.79 Å². The van der Waals surface area contributed by atoms with Gasteiger partial charge < -0.3 is 4.90 Å². The van der Waals surface area contributed by atoms with Gasteiger partial charge in [-0.2, -0.15) is 0 Å². The zero-order valence-corrected chi connectivity index (χ0v) is 15.0. The van der Waals surface area contributed by atoms with E-state index in [2.05, 4.69) is 0 Å². The van der Waals surface area contributed by atoms with Crippen LogP contribution in [0.1, 0.15) is 44.1 Å². The number of sulfone groups is 1. The van der Waals surface area contributed by atoms with Crippen molar-refractivity contribution in [1.82, 2.24) is 4.90 Å². The first-order valence-corrected chi connectivity index (χ1v) is 10.9. The van der Waals surface area contributed by atoms with Crippen LogP contribution in [0, 0.1) is 11.8 Å². The Hall–Kier alpha value is -1.36. The molecule has 1 aromatic rings. The summed E-state index contributed by atoms with van der Waals surface area (Å²) in [7, 11) is -2.90. The van der Waals surface area contributed by atoms with Crippen LogP contribution in [0.3, 0.4) is 0 Å². The molecule has 1 saturated carbocycles. The van der Waals surface area contributed by atoms with Gasteiger partial charge in [0.1, 0.15) is 0 Å². The highest BCUT2D eigenvalue weighted by Gasteiger charge is 2.32. The minimum Gasteiger partial charge on any atom is -0.338 e. The Balaban J connectivity index is 1.71. The van der Waals surface area contributed by atoms with Crippen LogP contribution in [0.15, 0.2) is 30.3 Å². The molecule has 1 aliphatic heterocycles.